The summed E-state index contributed by atoms with van der Waals surface area (Å²) in [5, 5.41) is 11.9. The van der Waals surface area contributed by atoms with Crippen LogP contribution in [0.3, 0.4) is 0 Å². The number of hydrogen-bond acceptors (Lipinski definition) is 8. The number of anilines is 1. The van der Waals surface area contributed by atoms with E-state index in [1.807, 2.05) is 24.3 Å². The summed E-state index contributed by atoms with van der Waals surface area (Å²) in [6, 6.07) is 15.3. The number of aryl methyl sites for hydroxylation is 1. The van der Waals surface area contributed by atoms with Crippen LogP contribution in [0.2, 0.25) is 5.02 Å². The van der Waals surface area contributed by atoms with E-state index >= 15 is 0 Å². The molecule has 4 rings (SSSR count). The molecule has 168 valence electrons. The summed E-state index contributed by atoms with van der Waals surface area (Å²) in [6.45, 7) is 1.88. The Morgan fingerprint density at radius 2 is 1.97 bits per heavy atom. The third kappa shape index (κ3) is 6.21. The lowest BCUT2D eigenvalue weighted by molar-refractivity contribution is -0.126. The standard InChI is InChI=1S/C22H17ClN4O2S4/c1-13-4-2-3-5-15(13)12-31-21-26-25-20(33-21)24-18(28)11-27-19(29)17(32-22(27)30)10-14-6-8-16(23)9-7-14/h2-10H,11-12H2,1H3,(H,24,25,28)/b17-10-. The van der Waals surface area contributed by atoms with E-state index in [9.17, 15) is 9.59 Å². The Bertz CT molecular complexity index is 1240. The number of carbonyl (C=O) groups excluding carboxylic acids is 2. The highest BCUT2D eigenvalue weighted by Gasteiger charge is 2.33. The SMILES string of the molecule is Cc1ccccc1CSc1nnc(NC(=O)CN2C(=O)/C(=C/c3ccc(Cl)cc3)SC2=S)s1. The smallest absolute Gasteiger partial charge is 0.266 e. The van der Waals surface area contributed by atoms with E-state index in [1.54, 1.807) is 30.0 Å². The van der Waals surface area contributed by atoms with Crippen molar-refractivity contribution in [1.82, 2.24) is 15.1 Å². The van der Waals surface area contributed by atoms with Gasteiger partial charge in [0.1, 0.15) is 10.9 Å². The number of nitrogens with zero attached hydrogens (tertiary/aromatic N) is 3. The fourth-order valence-electron chi connectivity index (χ4n) is 2.88. The monoisotopic (exact) mass is 532 g/mol. The van der Waals surface area contributed by atoms with Gasteiger partial charge in [0.2, 0.25) is 11.0 Å². The molecule has 1 aliphatic heterocycles. The van der Waals surface area contributed by atoms with Crippen molar-refractivity contribution in [3.63, 3.8) is 0 Å². The van der Waals surface area contributed by atoms with Crippen molar-refractivity contribution in [2.24, 2.45) is 0 Å². The zero-order chi connectivity index (χ0) is 23.4. The first kappa shape index (κ1) is 23.9. The van der Waals surface area contributed by atoms with E-state index in [1.165, 1.54) is 39.1 Å². The minimum absolute atomic E-state index is 0.187. The first-order chi connectivity index (χ1) is 15.9. The molecule has 0 bridgehead atoms. The van der Waals surface area contributed by atoms with Crippen molar-refractivity contribution in [3.8, 4) is 0 Å². The largest absolute Gasteiger partial charge is 0.299 e. The first-order valence-corrected chi connectivity index (χ1v) is 13.1. The van der Waals surface area contributed by atoms with Gasteiger partial charge in [0.25, 0.3) is 5.91 Å². The highest BCUT2D eigenvalue weighted by molar-refractivity contribution is 8.26. The van der Waals surface area contributed by atoms with Gasteiger partial charge in [-0.1, -0.05) is 95.1 Å². The quantitative estimate of drug-likeness (QED) is 0.183. The van der Waals surface area contributed by atoms with Crippen LogP contribution in [0.25, 0.3) is 6.08 Å². The molecule has 1 saturated heterocycles. The average Bonchev–Trinajstić information content (AvgIpc) is 3.34. The number of aromatic nitrogens is 2. The average molecular weight is 533 g/mol. The summed E-state index contributed by atoms with van der Waals surface area (Å²) in [4.78, 5) is 27.0. The first-order valence-electron chi connectivity index (χ1n) is 9.70. The van der Waals surface area contributed by atoms with Crippen LogP contribution < -0.4 is 5.32 Å². The number of rotatable bonds is 7. The van der Waals surface area contributed by atoms with Gasteiger partial charge in [-0.25, -0.2) is 0 Å². The molecule has 2 amide bonds. The number of thioether (sulfide) groups is 2. The molecule has 3 aromatic rings. The van der Waals surface area contributed by atoms with Crippen LogP contribution in [0.4, 0.5) is 5.13 Å². The van der Waals surface area contributed by atoms with Crippen molar-refractivity contribution in [3.05, 3.63) is 75.1 Å². The number of thiocarbonyl (C=S) groups is 1. The van der Waals surface area contributed by atoms with Crippen LogP contribution in [-0.4, -0.2) is 37.8 Å². The molecule has 0 aliphatic carbocycles. The van der Waals surface area contributed by atoms with E-state index in [2.05, 4.69) is 34.6 Å². The molecule has 1 N–H and O–H groups in total. The van der Waals surface area contributed by atoms with Crippen LogP contribution in [0.5, 0.6) is 0 Å². The Hall–Kier alpha value is -2.24. The molecule has 1 aliphatic rings. The third-order valence-electron chi connectivity index (χ3n) is 4.61. The van der Waals surface area contributed by atoms with Gasteiger partial charge in [-0.3, -0.25) is 19.8 Å². The van der Waals surface area contributed by atoms with Crippen molar-refractivity contribution in [1.29, 1.82) is 0 Å². The minimum atomic E-state index is -0.384. The number of halogens is 1. The maximum atomic E-state index is 12.7. The minimum Gasteiger partial charge on any atom is -0.299 e. The van der Waals surface area contributed by atoms with Gasteiger partial charge in [0, 0.05) is 10.8 Å². The summed E-state index contributed by atoms with van der Waals surface area (Å²) in [5.74, 6) is 0.0821. The van der Waals surface area contributed by atoms with Gasteiger partial charge in [0.15, 0.2) is 4.34 Å². The second-order valence-corrected chi connectivity index (χ2v) is 11.3. The summed E-state index contributed by atoms with van der Waals surface area (Å²) < 4.78 is 1.09. The fraction of sp³-hybridized carbons (Fsp3) is 0.136. The summed E-state index contributed by atoms with van der Waals surface area (Å²) in [7, 11) is 0. The van der Waals surface area contributed by atoms with Crippen molar-refractivity contribution < 1.29 is 9.59 Å². The molecule has 1 aromatic heterocycles. The summed E-state index contributed by atoms with van der Waals surface area (Å²) in [5.41, 5.74) is 3.27. The summed E-state index contributed by atoms with van der Waals surface area (Å²) in [6.07, 6.45) is 1.73. The molecule has 0 radical (unpaired) electrons. The molecule has 2 aromatic carbocycles. The molecule has 2 heterocycles. The second-order valence-electron chi connectivity index (χ2n) is 6.96. The van der Waals surface area contributed by atoms with Gasteiger partial charge in [-0.05, 0) is 41.8 Å². The second kappa shape index (κ2) is 10.8. The zero-order valence-corrected chi connectivity index (χ0v) is 21.3. The van der Waals surface area contributed by atoms with Crippen molar-refractivity contribution in [2.45, 2.75) is 17.0 Å². The number of nitrogens with one attached hydrogen (secondary N) is 1. The van der Waals surface area contributed by atoms with Crippen LogP contribution in [0, 0.1) is 6.92 Å². The Kier molecular flexibility index (Phi) is 7.82. The number of carbonyl (C=O) groups is 2. The van der Waals surface area contributed by atoms with Gasteiger partial charge in [-0.15, -0.1) is 10.2 Å². The van der Waals surface area contributed by atoms with Crippen LogP contribution in [-0.2, 0) is 15.3 Å². The molecule has 0 atom stereocenters. The topological polar surface area (TPSA) is 75.2 Å². The van der Waals surface area contributed by atoms with Gasteiger partial charge in [0.05, 0.1) is 4.91 Å². The number of hydrogen-bond donors (Lipinski definition) is 1. The van der Waals surface area contributed by atoms with E-state index < -0.39 is 0 Å². The highest BCUT2D eigenvalue weighted by atomic mass is 35.5. The Balaban J connectivity index is 1.33. The highest BCUT2D eigenvalue weighted by Crippen LogP contribution is 2.33. The predicted octanol–water partition coefficient (Wildman–Crippen LogP) is 5.63. The molecule has 1 fully saturated rings. The zero-order valence-electron chi connectivity index (χ0n) is 17.3. The molecular weight excluding hydrogens is 516 g/mol. The van der Waals surface area contributed by atoms with Crippen LogP contribution in [0.15, 0.2) is 57.8 Å². The van der Waals surface area contributed by atoms with Gasteiger partial charge in [-0.2, -0.15) is 0 Å². The van der Waals surface area contributed by atoms with Gasteiger partial charge < -0.3 is 0 Å². The van der Waals surface area contributed by atoms with Crippen molar-refractivity contribution in [2.75, 3.05) is 11.9 Å². The van der Waals surface area contributed by atoms with E-state index in [-0.39, 0.29) is 18.4 Å². The van der Waals surface area contributed by atoms with Crippen molar-refractivity contribution >= 4 is 86.0 Å². The van der Waals surface area contributed by atoms with E-state index in [0.717, 1.165) is 15.7 Å². The lowest BCUT2D eigenvalue weighted by Gasteiger charge is -2.13. The van der Waals surface area contributed by atoms with Crippen LogP contribution in [0.1, 0.15) is 16.7 Å². The third-order valence-corrected chi connectivity index (χ3v) is 8.26. The van der Waals surface area contributed by atoms with Gasteiger partial charge >= 0.3 is 0 Å². The lowest BCUT2D eigenvalue weighted by Crippen LogP contribution is -2.36. The Morgan fingerprint density at radius 3 is 2.73 bits per heavy atom. The maximum Gasteiger partial charge on any atom is 0.266 e. The Labute approximate surface area is 213 Å². The molecule has 0 unspecified atom stereocenters. The van der Waals surface area contributed by atoms with Crippen LogP contribution >= 0.6 is 58.7 Å². The van der Waals surface area contributed by atoms with E-state index in [0.29, 0.717) is 19.4 Å². The molecule has 0 saturated carbocycles. The normalized spacial score (nSPS) is 14.8. The fourth-order valence-corrected chi connectivity index (χ4v) is 6.10. The maximum absolute atomic E-state index is 12.7. The molecular formula is C22H17ClN4O2S4. The lowest BCUT2D eigenvalue weighted by atomic mass is 10.1. The number of amides is 2. The van der Waals surface area contributed by atoms with E-state index in [4.69, 9.17) is 23.8 Å². The summed E-state index contributed by atoms with van der Waals surface area (Å²) >= 11 is 15.2. The molecule has 0 spiro atoms. The molecule has 11 heteroatoms. The molecule has 6 nitrogen and oxygen atoms in total. The number of benzene rings is 2. The Morgan fingerprint density at radius 1 is 1.21 bits per heavy atom. The molecule has 33 heavy (non-hydrogen) atoms. The predicted molar refractivity (Wildman–Crippen MR) is 141 cm³/mol.